The molecule has 118 valence electrons. The average molecular weight is 321 g/mol. The van der Waals surface area contributed by atoms with Crippen molar-refractivity contribution >= 4 is 23.8 Å². The molecule has 5 heterocycles. The van der Waals surface area contributed by atoms with Crippen LogP contribution in [0.15, 0.2) is 30.7 Å². The lowest BCUT2D eigenvalue weighted by Gasteiger charge is -2.49. The van der Waals surface area contributed by atoms with Gasteiger partial charge in [0.25, 0.3) is 5.91 Å². The summed E-state index contributed by atoms with van der Waals surface area (Å²) in [6.45, 7) is 4.57. The van der Waals surface area contributed by atoms with Gasteiger partial charge in [0.15, 0.2) is 0 Å². The Kier molecular flexibility index (Phi) is 4.10. The molecule has 0 aliphatic carbocycles. The van der Waals surface area contributed by atoms with Crippen LogP contribution in [0, 0.1) is 5.92 Å². The number of hydrogen-bond donors (Lipinski definition) is 1. The lowest BCUT2D eigenvalue weighted by molar-refractivity contribution is 0.0216. The van der Waals surface area contributed by atoms with Crippen molar-refractivity contribution < 1.29 is 4.79 Å². The molecule has 3 aliphatic heterocycles. The molecule has 2 bridgehead atoms. The van der Waals surface area contributed by atoms with Gasteiger partial charge in [0.05, 0.1) is 11.7 Å². The zero-order valence-electron chi connectivity index (χ0n) is 12.6. The lowest BCUT2D eigenvalue weighted by atomic mass is 9.79. The first-order valence-electron chi connectivity index (χ1n) is 7.70. The van der Waals surface area contributed by atoms with Gasteiger partial charge in [-0.05, 0) is 50.9 Å². The Bertz CT molecular complexity index is 676. The third-order valence-electron chi connectivity index (χ3n) is 5.12. The number of aromatic nitrogens is 2. The fraction of sp³-hybridized carbons (Fsp3) is 0.500. The van der Waals surface area contributed by atoms with Crippen molar-refractivity contribution in [1.29, 1.82) is 0 Å². The normalized spacial score (nSPS) is 30.0. The summed E-state index contributed by atoms with van der Waals surface area (Å²) in [6, 6.07) is 4.61. The Balaban J connectivity index is 0.00000144. The van der Waals surface area contributed by atoms with Crippen LogP contribution in [0.2, 0.25) is 0 Å². The van der Waals surface area contributed by atoms with Gasteiger partial charge in [-0.15, -0.1) is 12.4 Å². The second kappa shape index (κ2) is 5.89. The largest absolute Gasteiger partial charge is 0.346 e. The summed E-state index contributed by atoms with van der Waals surface area (Å²) in [5.74, 6) is 0.556. The molecule has 0 unspecified atom stereocenters. The van der Waals surface area contributed by atoms with Crippen LogP contribution in [0.5, 0.6) is 0 Å². The number of carbonyl (C=O) groups excluding carboxylic acids is 1. The van der Waals surface area contributed by atoms with Crippen molar-refractivity contribution in [3.05, 3.63) is 36.4 Å². The Morgan fingerprint density at radius 3 is 2.86 bits per heavy atom. The summed E-state index contributed by atoms with van der Waals surface area (Å²) in [4.78, 5) is 19.3. The van der Waals surface area contributed by atoms with Crippen molar-refractivity contribution in [2.24, 2.45) is 5.92 Å². The van der Waals surface area contributed by atoms with Crippen LogP contribution < -0.4 is 5.32 Å². The number of nitrogens with zero attached hydrogens (tertiary/aromatic N) is 3. The predicted molar refractivity (Wildman–Crippen MR) is 87.5 cm³/mol. The van der Waals surface area contributed by atoms with E-state index in [1.165, 1.54) is 25.9 Å². The molecule has 6 heteroatoms. The molecule has 1 N–H and O–H groups in total. The first kappa shape index (κ1) is 15.3. The first-order chi connectivity index (χ1) is 10.2. The monoisotopic (exact) mass is 320 g/mol. The minimum atomic E-state index is -0.0591. The Labute approximate surface area is 136 Å². The predicted octanol–water partition coefficient (Wildman–Crippen LogP) is 1.97. The molecular formula is C16H21ClN4O. The van der Waals surface area contributed by atoms with E-state index < -0.39 is 0 Å². The second-order valence-corrected chi connectivity index (χ2v) is 6.23. The molecular weight excluding hydrogens is 300 g/mol. The summed E-state index contributed by atoms with van der Waals surface area (Å²) < 4.78 is 1.93. The van der Waals surface area contributed by atoms with E-state index in [2.05, 4.69) is 22.1 Å². The Morgan fingerprint density at radius 1 is 1.36 bits per heavy atom. The third kappa shape index (κ3) is 2.48. The molecule has 5 rings (SSSR count). The van der Waals surface area contributed by atoms with E-state index in [-0.39, 0.29) is 24.4 Å². The van der Waals surface area contributed by atoms with E-state index in [0.29, 0.717) is 17.7 Å². The number of rotatable bonds is 2. The zero-order valence-corrected chi connectivity index (χ0v) is 13.4. The van der Waals surface area contributed by atoms with Crippen molar-refractivity contribution in [3.8, 4) is 0 Å². The minimum absolute atomic E-state index is 0. The van der Waals surface area contributed by atoms with Crippen molar-refractivity contribution in [2.75, 3.05) is 13.1 Å². The highest BCUT2D eigenvalue weighted by atomic mass is 35.5. The molecule has 2 aromatic rings. The molecule has 0 radical (unpaired) electrons. The second-order valence-electron chi connectivity index (χ2n) is 6.23. The molecule has 1 amide bonds. The molecule has 0 spiro atoms. The maximum atomic E-state index is 12.5. The summed E-state index contributed by atoms with van der Waals surface area (Å²) in [5, 5.41) is 3.22. The van der Waals surface area contributed by atoms with E-state index in [9.17, 15) is 4.79 Å². The SMILES string of the molecule is C[C@H]1[C@H](NC(=O)c2cn3cccc3cn2)C2CCN1CC2.Cl. The highest BCUT2D eigenvalue weighted by Crippen LogP contribution is 2.32. The number of halogens is 1. The molecule has 22 heavy (non-hydrogen) atoms. The molecule has 0 saturated carbocycles. The number of amides is 1. The maximum absolute atomic E-state index is 12.5. The first-order valence-corrected chi connectivity index (χ1v) is 7.70. The molecule has 3 fully saturated rings. The summed E-state index contributed by atoms with van der Waals surface area (Å²) in [7, 11) is 0. The summed E-state index contributed by atoms with van der Waals surface area (Å²) >= 11 is 0. The third-order valence-corrected chi connectivity index (χ3v) is 5.12. The highest BCUT2D eigenvalue weighted by Gasteiger charge is 2.40. The van der Waals surface area contributed by atoms with E-state index in [1.807, 2.05) is 22.7 Å². The smallest absolute Gasteiger partial charge is 0.271 e. The molecule has 2 aromatic heterocycles. The van der Waals surface area contributed by atoms with Crippen LogP contribution in [-0.4, -0.2) is 45.4 Å². The standard InChI is InChI=1S/C16H20N4O.ClH/c1-11-15(12-4-7-19(11)8-5-12)18-16(21)14-10-20-6-2-3-13(20)9-17-14;/h2-3,6,9-12,15H,4-5,7-8H2,1H3,(H,18,21);1H/t11-,15-;/m0./s1. The quantitative estimate of drug-likeness (QED) is 0.920. The van der Waals surface area contributed by atoms with Gasteiger partial charge in [0, 0.05) is 24.5 Å². The average Bonchev–Trinajstić information content (AvgIpc) is 2.98. The number of hydrogen-bond acceptors (Lipinski definition) is 3. The van der Waals surface area contributed by atoms with Gasteiger partial charge in [0.1, 0.15) is 5.69 Å². The molecule has 2 atom stereocenters. The highest BCUT2D eigenvalue weighted by molar-refractivity contribution is 5.92. The number of carbonyl (C=O) groups is 1. The van der Waals surface area contributed by atoms with Gasteiger partial charge < -0.3 is 9.72 Å². The van der Waals surface area contributed by atoms with Gasteiger partial charge in [-0.25, -0.2) is 4.98 Å². The van der Waals surface area contributed by atoms with Gasteiger partial charge in [0.2, 0.25) is 0 Å². The van der Waals surface area contributed by atoms with Crippen LogP contribution in [0.1, 0.15) is 30.3 Å². The Morgan fingerprint density at radius 2 is 2.14 bits per heavy atom. The minimum Gasteiger partial charge on any atom is -0.346 e. The van der Waals surface area contributed by atoms with Gasteiger partial charge in [-0.3, -0.25) is 9.69 Å². The van der Waals surface area contributed by atoms with Crippen molar-refractivity contribution in [1.82, 2.24) is 19.6 Å². The van der Waals surface area contributed by atoms with Crippen molar-refractivity contribution in [2.45, 2.75) is 31.8 Å². The summed E-state index contributed by atoms with van der Waals surface area (Å²) in [5.41, 5.74) is 1.49. The van der Waals surface area contributed by atoms with Crippen LogP contribution >= 0.6 is 12.4 Å². The molecule has 0 aromatic carbocycles. The number of nitrogens with one attached hydrogen (secondary N) is 1. The van der Waals surface area contributed by atoms with Gasteiger partial charge in [-0.2, -0.15) is 0 Å². The van der Waals surface area contributed by atoms with E-state index >= 15 is 0 Å². The summed E-state index contributed by atoms with van der Waals surface area (Å²) in [6.07, 6.45) is 7.87. The van der Waals surface area contributed by atoms with Gasteiger partial charge >= 0.3 is 0 Å². The number of fused-ring (bicyclic) bond motifs is 4. The van der Waals surface area contributed by atoms with E-state index in [0.717, 1.165) is 5.52 Å². The Hall–Kier alpha value is -1.59. The van der Waals surface area contributed by atoms with Crippen LogP contribution in [0.4, 0.5) is 0 Å². The molecule has 5 nitrogen and oxygen atoms in total. The van der Waals surface area contributed by atoms with Gasteiger partial charge in [-0.1, -0.05) is 0 Å². The van der Waals surface area contributed by atoms with Crippen LogP contribution in [0.25, 0.3) is 5.52 Å². The molecule has 3 aliphatic rings. The molecule has 3 saturated heterocycles. The van der Waals surface area contributed by atoms with E-state index in [4.69, 9.17) is 0 Å². The fourth-order valence-electron chi connectivity index (χ4n) is 3.82. The topological polar surface area (TPSA) is 49.6 Å². The maximum Gasteiger partial charge on any atom is 0.271 e. The van der Waals surface area contributed by atoms with Crippen LogP contribution in [-0.2, 0) is 0 Å². The van der Waals surface area contributed by atoms with Crippen molar-refractivity contribution in [3.63, 3.8) is 0 Å². The van der Waals surface area contributed by atoms with Crippen LogP contribution in [0.3, 0.4) is 0 Å². The zero-order chi connectivity index (χ0) is 14.4. The number of piperidine rings is 3. The van der Waals surface area contributed by atoms with E-state index in [1.54, 1.807) is 12.4 Å². The lowest BCUT2D eigenvalue weighted by Crippen LogP contribution is -2.62. The fourth-order valence-corrected chi connectivity index (χ4v) is 3.82.